The van der Waals surface area contributed by atoms with Crippen molar-refractivity contribution >= 4 is 0 Å². The molecule has 0 amide bonds. The van der Waals surface area contributed by atoms with Crippen molar-refractivity contribution in [1.82, 2.24) is 4.90 Å². The molecule has 0 aromatic heterocycles. The van der Waals surface area contributed by atoms with Crippen molar-refractivity contribution in [3.8, 4) is 5.75 Å². The first-order chi connectivity index (χ1) is 12.6. The lowest BCUT2D eigenvalue weighted by atomic mass is 9.49. The Bertz CT molecular complexity index is 703. The van der Waals surface area contributed by atoms with E-state index in [1.54, 1.807) is 7.11 Å². The summed E-state index contributed by atoms with van der Waals surface area (Å²) >= 11 is 0. The quantitative estimate of drug-likeness (QED) is 0.873. The number of rotatable bonds is 3. The molecule has 1 aliphatic heterocycles. The molecule has 142 valence electrons. The van der Waals surface area contributed by atoms with Crippen LogP contribution in [0.1, 0.15) is 56.1 Å². The summed E-state index contributed by atoms with van der Waals surface area (Å²) in [5, 5.41) is 22.6. The summed E-state index contributed by atoms with van der Waals surface area (Å²) in [6, 6.07) is 6.56. The molecule has 0 radical (unpaired) electrons. The number of nitrogens with zero attached hydrogens (tertiary/aromatic N) is 1. The van der Waals surface area contributed by atoms with E-state index in [2.05, 4.69) is 17.0 Å². The molecule has 1 saturated heterocycles. The fourth-order valence-corrected chi connectivity index (χ4v) is 6.42. The fourth-order valence-electron chi connectivity index (χ4n) is 6.42. The van der Waals surface area contributed by atoms with Crippen LogP contribution >= 0.6 is 0 Å². The second kappa shape index (κ2) is 5.95. The van der Waals surface area contributed by atoms with Crippen molar-refractivity contribution in [1.29, 1.82) is 0 Å². The third-order valence-corrected chi connectivity index (χ3v) is 8.05. The SMILES string of the molecule is COc1ccc2c(c1)[C@]13CCN(CC4CCC4)[C@H](C2)[C@]1(O)CCC(O)C3. The smallest absolute Gasteiger partial charge is 0.119 e. The van der Waals surface area contributed by atoms with Gasteiger partial charge >= 0.3 is 0 Å². The first-order valence-corrected chi connectivity index (χ1v) is 10.4. The molecule has 1 heterocycles. The van der Waals surface area contributed by atoms with E-state index < -0.39 is 5.60 Å². The van der Waals surface area contributed by atoms with Gasteiger partial charge in [-0.25, -0.2) is 0 Å². The Morgan fingerprint density at radius 3 is 2.81 bits per heavy atom. The number of fused-ring (bicyclic) bond motifs is 1. The van der Waals surface area contributed by atoms with Crippen LogP contribution in [-0.2, 0) is 11.8 Å². The van der Waals surface area contributed by atoms with Crippen LogP contribution in [0.25, 0.3) is 0 Å². The molecule has 2 saturated carbocycles. The third kappa shape index (κ3) is 2.25. The Hall–Kier alpha value is -1.10. The molecule has 4 aliphatic rings. The van der Waals surface area contributed by atoms with E-state index in [9.17, 15) is 10.2 Å². The maximum Gasteiger partial charge on any atom is 0.119 e. The van der Waals surface area contributed by atoms with Gasteiger partial charge in [0.05, 0.1) is 18.8 Å². The van der Waals surface area contributed by atoms with E-state index in [0.717, 1.165) is 37.6 Å². The number of methoxy groups -OCH3 is 1. The molecule has 4 atom stereocenters. The van der Waals surface area contributed by atoms with E-state index in [1.807, 2.05) is 6.07 Å². The number of piperidine rings is 1. The van der Waals surface area contributed by atoms with Crippen LogP contribution in [0.3, 0.4) is 0 Å². The predicted octanol–water partition coefficient (Wildman–Crippen LogP) is 2.64. The van der Waals surface area contributed by atoms with Crippen LogP contribution in [0.2, 0.25) is 0 Å². The van der Waals surface area contributed by atoms with E-state index in [-0.39, 0.29) is 17.6 Å². The lowest BCUT2D eigenvalue weighted by Crippen LogP contribution is -2.73. The largest absolute Gasteiger partial charge is 0.497 e. The molecule has 1 aromatic carbocycles. The number of aliphatic hydroxyl groups excluding tert-OH is 1. The predicted molar refractivity (Wildman–Crippen MR) is 101 cm³/mol. The number of ether oxygens (including phenoxy) is 1. The van der Waals surface area contributed by atoms with Crippen LogP contribution in [0.5, 0.6) is 5.75 Å². The van der Waals surface area contributed by atoms with Gasteiger partial charge in [0, 0.05) is 18.0 Å². The molecule has 0 spiro atoms. The molecule has 4 nitrogen and oxygen atoms in total. The highest BCUT2D eigenvalue weighted by atomic mass is 16.5. The van der Waals surface area contributed by atoms with Crippen molar-refractivity contribution in [2.75, 3.05) is 20.2 Å². The standard InChI is InChI=1S/C22H31NO3/c1-26-18-6-5-16-11-20-22(25)8-7-17(24)13-21(22,19(16)12-18)9-10-23(20)14-15-3-2-4-15/h5-6,12,15,17,20,24-25H,2-4,7-11,13-14H2,1H3/t17?,20-,21-,22-/m1/s1. The summed E-state index contributed by atoms with van der Waals surface area (Å²) in [5.74, 6) is 1.67. The first-order valence-electron chi connectivity index (χ1n) is 10.4. The zero-order valence-electron chi connectivity index (χ0n) is 15.8. The van der Waals surface area contributed by atoms with Gasteiger partial charge in [-0.1, -0.05) is 12.5 Å². The summed E-state index contributed by atoms with van der Waals surface area (Å²) in [6.07, 6.45) is 7.69. The fraction of sp³-hybridized carbons (Fsp3) is 0.727. The van der Waals surface area contributed by atoms with Gasteiger partial charge in [-0.2, -0.15) is 0 Å². The highest BCUT2D eigenvalue weighted by molar-refractivity contribution is 5.48. The molecule has 3 fully saturated rings. The van der Waals surface area contributed by atoms with Gasteiger partial charge in [0.25, 0.3) is 0 Å². The lowest BCUT2D eigenvalue weighted by Gasteiger charge is -2.64. The monoisotopic (exact) mass is 357 g/mol. The number of aliphatic hydroxyl groups is 2. The zero-order valence-corrected chi connectivity index (χ0v) is 15.8. The van der Waals surface area contributed by atoms with E-state index in [4.69, 9.17) is 4.74 Å². The van der Waals surface area contributed by atoms with E-state index >= 15 is 0 Å². The van der Waals surface area contributed by atoms with Gasteiger partial charge in [-0.3, -0.25) is 4.90 Å². The van der Waals surface area contributed by atoms with Crippen molar-refractivity contribution in [3.63, 3.8) is 0 Å². The highest BCUT2D eigenvalue weighted by Crippen LogP contribution is 2.58. The Balaban J connectivity index is 1.59. The average molecular weight is 357 g/mol. The van der Waals surface area contributed by atoms with Gasteiger partial charge in [0.1, 0.15) is 5.75 Å². The summed E-state index contributed by atoms with van der Waals surface area (Å²) in [5.41, 5.74) is 1.52. The molecule has 2 bridgehead atoms. The molecule has 1 aromatic rings. The minimum Gasteiger partial charge on any atom is -0.497 e. The van der Waals surface area contributed by atoms with E-state index in [0.29, 0.717) is 19.3 Å². The van der Waals surface area contributed by atoms with Gasteiger partial charge in [-0.15, -0.1) is 0 Å². The minimum atomic E-state index is -0.729. The van der Waals surface area contributed by atoms with E-state index in [1.165, 1.54) is 30.4 Å². The third-order valence-electron chi connectivity index (χ3n) is 8.05. The summed E-state index contributed by atoms with van der Waals surface area (Å²) in [7, 11) is 1.70. The second-order valence-corrected chi connectivity index (χ2v) is 9.19. The Kier molecular flexibility index (Phi) is 3.90. The minimum absolute atomic E-state index is 0.185. The van der Waals surface area contributed by atoms with Crippen LogP contribution in [0, 0.1) is 5.92 Å². The summed E-state index contributed by atoms with van der Waals surface area (Å²) < 4.78 is 5.50. The first kappa shape index (κ1) is 17.0. The zero-order chi connectivity index (χ0) is 17.9. The lowest BCUT2D eigenvalue weighted by molar-refractivity contribution is -0.184. The number of hydrogen-bond acceptors (Lipinski definition) is 4. The van der Waals surface area contributed by atoms with Gasteiger partial charge < -0.3 is 14.9 Å². The molecule has 26 heavy (non-hydrogen) atoms. The molecule has 5 rings (SSSR count). The van der Waals surface area contributed by atoms with Gasteiger partial charge in [0.2, 0.25) is 0 Å². The number of hydrogen-bond donors (Lipinski definition) is 2. The highest BCUT2D eigenvalue weighted by Gasteiger charge is 2.64. The Morgan fingerprint density at radius 2 is 2.08 bits per heavy atom. The second-order valence-electron chi connectivity index (χ2n) is 9.19. The normalized spacial score (nSPS) is 39.7. The number of benzene rings is 1. The van der Waals surface area contributed by atoms with Crippen LogP contribution < -0.4 is 4.74 Å². The van der Waals surface area contributed by atoms with Crippen molar-refractivity contribution in [3.05, 3.63) is 29.3 Å². The number of likely N-dealkylation sites (tertiary alicyclic amines) is 1. The molecular formula is C22H31NO3. The van der Waals surface area contributed by atoms with Crippen LogP contribution in [0.4, 0.5) is 0 Å². The maximum atomic E-state index is 12.1. The van der Waals surface area contributed by atoms with Crippen molar-refractivity contribution in [2.24, 2.45) is 5.92 Å². The summed E-state index contributed by atoms with van der Waals surface area (Å²) in [6.45, 7) is 2.17. The average Bonchev–Trinajstić information content (AvgIpc) is 2.60. The van der Waals surface area contributed by atoms with Crippen LogP contribution in [0.15, 0.2) is 18.2 Å². The Labute approximate surface area is 156 Å². The Morgan fingerprint density at radius 1 is 1.23 bits per heavy atom. The molecule has 1 unspecified atom stereocenters. The molecular weight excluding hydrogens is 326 g/mol. The molecule has 4 heteroatoms. The van der Waals surface area contributed by atoms with Crippen molar-refractivity contribution in [2.45, 2.75) is 74.5 Å². The molecule has 3 aliphatic carbocycles. The maximum absolute atomic E-state index is 12.1. The summed E-state index contributed by atoms with van der Waals surface area (Å²) in [4.78, 5) is 2.59. The van der Waals surface area contributed by atoms with Crippen molar-refractivity contribution < 1.29 is 14.9 Å². The van der Waals surface area contributed by atoms with Crippen LogP contribution in [-0.4, -0.2) is 53.1 Å². The topological polar surface area (TPSA) is 52.9 Å². The van der Waals surface area contributed by atoms with Gasteiger partial charge in [0.15, 0.2) is 0 Å². The molecule has 2 N–H and O–H groups in total. The van der Waals surface area contributed by atoms with Gasteiger partial charge in [-0.05, 0) is 80.7 Å².